The van der Waals surface area contributed by atoms with E-state index < -0.39 is 0 Å². The molecule has 74 valence electrons. The third kappa shape index (κ3) is 1.63. The van der Waals surface area contributed by atoms with Crippen LogP contribution in [0.1, 0.15) is 27.6 Å². The number of carbonyl (C=O) groups excluding carboxylic acids is 1. The lowest BCUT2D eigenvalue weighted by atomic mass is 10.0. The Morgan fingerprint density at radius 1 is 1.57 bits per heavy atom. The van der Waals surface area contributed by atoms with Gasteiger partial charge in [0.25, 0.3) is 0 Å². The van der Waals surface area contributed by atoms with Gasteiger partial charge in [-0.1, -0.05) is 17.7 Å². The average molecular weight is 192 g/mol. The molecule has 3 heteroatoms. The molecular weight excluding hydrogens is 180 g/mol. The highest BCUT2D eigenvalue weighted by atomic mass is 16.6. The molecule has 0 aliphatic carbocycles. The van der Waals surface area contributed by atoms with E-state index in [9.17, 15) is 4.79 Å². The number of hydrogen-bond acceptors (Lipinski definition) is 3. The maximum Gasteiger partial charge on any atom is 0.338 e. The Bertz CT molecular complexity index is 367. The van der Waals surface area contributed by atoms with Crippen LogP contribution >= 0.6 is 0 Å². The monoisotopic (exact) mass is 192 g/mol. The Kier molecular flexibility index (Phi) is 2.25. The van der Waals surface area contributed by atoms with E-state index in [-0.39, 0.29) is 12.1 Å². The molecule has 3 nitrogen and oxygen atoms in total. The number of esters is 1. The van der Waals surface area contributed by atoms with Crippen molar-refractivity contribution in [2.45, 2.75) is 13.0 Å². The van der Waals surface area contributed by atoms with Crippen molar-refractivity contribution in [3.05, 3.63) is 34.9 Å². The molecule has 0 aromatic heterocycles. The second-order valence-electron chi connectivity index (χ2n) is 3.40. The van der Waals surface area contributed by atoms with Crippen LogP contribution in [-0.2, 0) is 9.47 Å². The van der Waals surface area contributed by atoms with Gasteiger partial charge in [0.15, 0.2) is 0 Å². The summed E-state index contributed by atoms with van der Waals surface area (Å²) in [5.74, 6) is -0.296. The molecule has 1 aliphatic heterocycles. The van der Waals surface area contributed by atoms with E-state index >= 15 is 0 Å². The summed E-state index contributed by atoms with van der Waals surface area (Å²) in [6.07, 6.45) is 0.0870. The minimum Gasteiger partial charge on any atom is -0.465 e. The Labute approximate surface area is 82.6 Å². The largest absolute Gasteiger partial charge is 0.465 e. The zero-order chi connectivity index (χ0) is 10.1. The summed E-state index contributed by atoms with van der Waals surface area (Å²) in [4.78, 5) is 11.4. The normalized spacial score (nSPS) is 19.1. The number of methoxy groups -OCH3 is 1. The van der Waals surface area contributed by atoms with Crippen molar-refractivity contribution in [2.75, 3.05) is 13.7 Å². The van der Waals surface area contributed by atoms with E-state index in [1.165, 1.54) is 7.11 Å². The van der Waals surface area contributed by atoms with Gasteiger partial charge in [-0.15, -0.1) is 0 Å². The minimum atomic E-state index is -0.296. The number of carbonyl (C=O) groups is 1. The van der Waals surface area contributed by atoms with E-state index in [0.717, 1.165) is 11.1 Å². The van der Waals surface area contributed by atoms with Crippen LogP contribution in [0.4, 0.5) is 0 Å². The lowest BCUT2D eigenvalue weighted by Gasteiger charge is -2.06. The third-order valence-corrected chi connectivity index (χ3v) is 2.29. The van der Waals surface area contributed by atoms with Gasteiger partial charge in [-0.25, -0.2) is 4.79 Å². The smallest absolute Gasteiger partial charge is 0.338 e. The van der Waals surface area contributed by atoms with Crippen LogP contribution in [0.15, 0.2) is 18.2 Å². The van der Waals surface area contributed by atoms with Crippen molar-refractivity contribution in [1.29, 1.82) is 0 Å². The molecule has 0 N–H and O–H groups in total. The van der Waals surface area contributed by atoms with Crippen LogP contribution in [0.5, 0.6) is 0 Å². The van der Waals surface area contributed by atoms with Gasteiger partial charge in [-0.05, 0) is 18.6 Å². The third-order valence-electron chi connectivity index (χ3n) is 2.29. The van der Waals surface area contributed by atoms with Crippen molar-refractivity contribution in [2.24, 2.45) is 0 Å². The van der Waals surface area contributed by atoms with Gasteiger partial charge >= 0.3 is 5.97 Å². The van der Waals surface area contributed by atoms with Crippen LogP contribution in [0.3, 0.4) is 0 Å². The lowest BCUT2D eigenvalue weighted by Crippen LogP contribution is -2.05. The molecule has 1 atom stereocenters. The van der Waals surface area contributed by atoms with Gasteiger partial charge in [0.2, 0.25) is 0 Å². The number of hydrogen-bond donors (Lipinski definition) is 0. The number of epoxide rings is 1. The molecule has 0 saturated carbocycles. The quantitative estimate of drug-likeness (QED) is 0.530. The first kappa shape index (κ1) is 9.21. The van der Waals surface area contributed by atoms with E-state index in [0.29, 0.717) is 12.2 Å². The van der Waals surface area contributed by atoms with Gasteiger partial charge in [0.1, 0.15) is 6.10 Å². The predicted molar refractivity (Wildman–Crippen MR) is 51.2 cm³/mol. The van der Waals surface area contributed by atoms with Crippen molar-refractivity contribution >= 4 is 5.97 Å². The summed E-state index contributed by atoms with van der Waals surface area (Å²) in [6.45, 7) is 2.69. The molecule has 14 heavy (non-hydrogen) atoms. The predicted octanol–water partition coefficient (Wildman–Crippen LogP) is 1.85. The van der Waals surface area contributed by atoms with Crippen LogP contribution in [0, 0.1) is 6.92 Å². The molecule has 1 aromatic carbocycles. The summed E-state index contributed by atoms with van der Waals surface area (Å²) < 4.78 is 9.88. The summed E-state index contributed by atoms with van der Waals surface area (Å²) in [5.41, 5.74) is 2.68. The number of ether oxygens (including phenoxy) is 2. The first-order valence-electron chi connectivity index (χ1n) is 4.53. The molecule has 1 fully saturated rings. The molecule has 0 bridgehead atoms. The Balaban J connectivity index is 2.42. The number of benzene rings is 1. The Hall–Kier alpha value is -1.35. The molecule has 0 radical (unpaired) electrons. The lowest BCUT2D eigenvalue weighted by molar-refractivity contribution is 0.0598. The first-order chi connectivity index (χ1) is 6.72. The molecular formula is C11H12O3. The molecule has 1 heterocycles. The van der Waals surface area contributed by atoms with Crippen LogP contribution in [-0.4, -0.2) is 19.7 Å². The average Bonchev–Trinajstić information content (AvgIpc) is 3.00. The maximum atomic E-state index is 11.4. The molecule has 1 aliphatic rings. The molecule has 0 amide bonds. The highest BCUT2D eigenvalue weighted by Crippen LogP contribution is 2.33. The van der Waals surface area contributed by atoms with E-state index in [1.54, 1.807) is 6.07 Å². The molecule has 1 unspecified atom stereocenters. The topological polar surface area (TPSA) is 38.8 Å². The SMILES string of the molecule is COC(=O)c1ccc(C)cc1C1CO1. The van der Waals surface area contributed by atoms with E-state index in [1.807, 2.05) is 19.1 Å². The molecule has 1 aromatic rings. The minimum absolute atomic E-state index is 0.0870. The fourth-order valence-corrected chi connectivity index (χ4v) is 1.47. The van der Waals surface area contributed by atoms with Gasteiger partial charge in [-0.3, -0.25) is 0 Å². The van der Waals surface area contributed by atoms with Crippen molar-refractivity contribution < 1.29 is 14.3 Å². The standard InChI is InChI=1S/C11H12O3/c1-7-3-4-8(11(12)13-2)9(5-7)10-6-14-10/h3-5,10H,6H2,1-2H3. The summed E-state index contributed by atoms with van der Waals surface area (Å²) in [7, 11) is 1.39. The summed E-state index contributed by atoms with van der Waals surface area (Å²) >= 11 is 0. The zero-order valence-corrected chi connectivity index (χ0v) is 8.24. The molecule has 1 saturated heterocycles. The van der Waals surface area contributed by atoms with Crippen LogP contribution in [0.2, 0.25) is 0 Å². The van der Waals surface area contributed by atoms with Crippen LogP contribution in [0.25, 0.3) is 0 Å². The second kappa shape index (κ2) is 3.42. The molecule has 0 spiro atoms. The fourth-order valence-electron chi connectivity index (χ4n) is 1.47. The summed E-state index contributed by atoms with van der Waals surface area (Å²) in [5, 5.41) is 0. The zero-order valence-electron chi connectivity index (χ0n) is 8.24. The van der Waals surface area contributed by atoms with Crippen molar-refractivity contribution in [1.82, 2.24) is 0 Å². The first-order valence-corrected chi connectivity index (χ1v) is 4.53. The fraction of sp³-hybridized carbons (Fsp3) is 0.364. The highest BCUT2D eigenvalue weighted by Gasteiger charge is 2.29. The van der Waals surface area contributed by atoms with Crippen molar-refractivity contribution in [3.8, 4) is 0 Å². The second-order valence-corrected chi connectivity index (χ2v) is 3.40. The summed E-state index contributed by atoms with van der Waals surface area (Å²) in [6, 6.07) is 5.67. The Morgan fingerprint density at radius 2 is 2.29 bits per heavy atom. The Morgan fingerprint density at radius 3 is 2.86 bits per heavy atom. The van der Waals surface area contributed by atoms with E-state index in [4.69, 9.17) is 9.47 Å². The van der Waals surface area contributed by atoms with Crippen molar-refractivity contribution in [3.63, 3.8) is 0 Å². The van der Waals surface area contributed by atoms with E-state index in [2.05, 4.69) is 0 Å². The van der Waals surface area contributed by atoms with Gasteiger partial charge in [-0.2, -0.15) is 0 Å². The van der Waals surface area contributed by atoms with Gasteiger partial charge in [0.05, 0.1) is 19.3 Å². The highest BCUT2D eigenvalue weighted by molar-refractivity contribution is 5.91. The maximum absolute atomic E-state index is 11.4. The van der Waals surface area contributed by atoms with Crippen LogP contribution < -0.4 is 0 Å². The number of rotatable bonds is 2. The van der Waals surface area contributed by atoms with Gasteiger partial charge < -0.3 is 9.47 Å². The molecule has 2 rings (SSSR count). The van der Waals surface area contributed by atoms with Gasteiger partial charge in [0, 0.05) is 0 Å². The number of aryl methyl sites for hydroxylation is 1.